The number of thioether (sulfide) groups is 1. The Balaban J connectivity index is 1.28. The van der Waals surface area contributed by atoms with E-state index in [2.05, 4.69) is 56.0 Å². The molecule has 2 heterocycles. The second kappa shape index (κ2) is 13.2. The number of halogens is 3. The number of ether oxygens (including phenoxy) is 1. The van der Waals surface area contributed by atoms with Crippen LogP contribution in [0.3, 0.4) is 0 Å². The summed E-state index contributed by atoms with van der Waals surface area (Å²) in [6.07, 6.45) is -1.54. The fraction of sp³-hybridized carbons (Fsp3) is 0.258. The molecule has 0 spiro atoms. The van der Waals surface area contributed by atoms with Gasteiger partial charge in [-0.2, -0.15) is 10.3 Å². The molecular weight excluding hydrogens is 591 g/mol. The normalized spacial score (nSPS) is 16.8. The van der Waals surface area contributed by atoms with Crippen LogP contribution in [0.2, 0.25) is 0 Å². The number of nitrogens with zero attached hydrogens (tertiary/aromatic N) is 6. The standard InChI is InChI=1S/C31H28F3N7O2S/c1-3-21-6-4-5-7-27(21)41-20(2)16-17-44-30(41)38-29(42)37-26(18-35)22-8-10-23(11-9-22)28-36-19-40(39-28)24-12-14-25(15-13-24)43-31(32,33)34/h4-15,19-20,26H,3,16-17H2,1-2H3,(H,37,42)/b38-30-. The lowest BCUT2D eigenvalue weighted by atomic mass is 10.1. The minimum absolute atomic E-state index is 0.162. The Labute approximate surface area is 256 Å². The van der Waals surface area contributed by atoms with Crippen molar-refractivity contribution in [3.05, 3.63) is 90.3 Å². The Morgan fingerprint density at radius 1 is 1.16 bits per heavy atom. The van der Waals surface area contributed by atoms with Gasteiger partial charge >= 0.3 is 12.4 Å². The summed E-state index contributed by atoms with van der Waals surface area (Å²) in [6, 6.07) is 20.9. The molecule has 4 aromatic rings. The van der Waals surface area contributed by atoms with Gasteiger partial charge in [0.1, 0.15) is 18.1 Å². The third kappa shape index (κ3) is 7.20. The molecule has 0 aliphatic carbocycles. The highest BCUT2D eigenvalue weighted by molar-refractivity contribution is 8.14. The highest BCUT2D eigenvalue weighted by Gasteiger charge is 2.31. The van der Waals surface area contributed by atoms with Gasteiger partial charge in [-0.25, -0.2) is 14.5 Å². The first kappa shape index (κ1) is 30.6. The summed E-state index contributed by atoms with van der Waals surface area (Å²) in [5.41, 5.74) is 3.88. The highest BCUT2D eigenvalue weighted by Crippen LogP contribution is 2.32. The highest BCUT2D eigenvalue weighted by atomic mass is 32.2. The Bertz CT molecular complexity index is 1680. The monoisotopic (exact) mass is 619 g/mol. The van der Waals surface area contributed by atoms with Crippen molar-refractivity contribution in [2.75, 3.05) is 10.7 Å². The number of carbonyl (C=O) groups excluding carboxylic acids is 1. The first-order chi connectivity index (χ1) is 21.1. The summed E-state index contributed by atoms with van der Waals surface area (Å²) in [6.45, 7) is 4.20. The molecule has 2 unspecified atom stereocenters. The average Bonchev–Trinajstić information content (AvgIpc) is 3.50. The molecule has 0 bridgehead atoms. The number of urea groups is 1. The summed E-state index contributed by atoms with van der Waals surface area (Å²) >= 11 is 1.52. The number of aliphatic imine (C=N–C) groups is 1. The number of aryl methyl sites for hydroxylation is 1. The predicted molar refractivity (Wildman–Crippen MR) is 163 cm³/mol. The number of amidine groups is 1. The molecule has 44 heavy (non-hydrogen) atoms. The van der Waals surface area contributed by atoms with Crippen molar-refractivity contribution in [3.63, 3.8) is 0 Å². The third-order valence-corrected chi connectivity index (χ3v) is 7.95. The van der Waals surface area contributed by atoms with Crippen LogP contribution < -0.4 is 15.0 Å². The molecule has 2 atom stereocenters. The number of amides is 2. The zero-order valence-corrected chi connectivity index (χ0v) is 24.6. The third-order valence-electron chi connectivity index (χ3n) is 6.97. The lowest BCUT2D eigenvalue weighted by Crippen LogP contribution is -2.42. The van der Waals surface area contributed by atoms with Gasteiger partial charge < -0.3 is 15.0 Å². The van der Waals surface area contributed by atoms with Gasteiger partial charge in [-0.05, 0) is 61.2 Å². The van der Waals surface area contributed by atoms with Gasteiger partial charge in [0.05, 0.1) is 11.8 Å². The van der Waals surface area contributed by atoms with Crippen LogP contribution in [0, 0.1) is 11.3 Å². The zero-order valence-electron chi connectivity index (χ0n) is 23.8. The number of carbonyl (C=O) groups is 1. The Kier molecular flexibility index (Phi) is 9.20. The number of aromatic nitrogens is 3. The number of nitriles is 1. The van der Waals surface area contributed by atoms with Crippen LogP contribution in [0.25, 0.3) is 17.1 Å². The number of nitrogens with one attached hydrogen (secondary N) is 1. The van der Waals surface area contributed by atoms with Gasteiger partial charge in [-0.3, -0.25) is 0 Å². The van der Waals surface area contributed by atoms with Crippen LogP contribution >= 0.6 is 11.8 Å². The SMILES string of the molecule is CCc1ccccc1N1/C(=N/C(=O)NC(C#N)c2ccc(-c3ncn(-c4ccc(OC(F)(F)F)cc4)n3)cc2)SCCC1C. The molecule has 5 rings (SSSR count). The molecule has 3 aromatic carbocycles. The molecule has 1 aliphatic rings. The number of anilines is 1. The molecule has 1 aromatic heterocycles. The van der Waals surface area contributed by atoms with Gasteiger partial charge in [-0.15, -0.1) is 18.3 Å². The van der Waals surface area contributed by atoms with Crippen molar-refractivity contribution in [1.29, 1.82) is 5.26 Å². The zero-order chi connectivity index (χ0) is 31.3. The summed E-state index contributed by atoms with van der Waals surface area (Å²) < 4.78 is 42.6. The van der Waals surface area contributed by atoms with Gasteiger partial charge in [0.25, 0.3) is 0 Å². The van der Waals surface area contributed by atoms with Gasteiger partial charge in [-0.1, -0.05) is 61.2 Å². The molecule has 0 radical (unpaired) electrons. The van der Waals surface area contributed by atoms with E-state index < -0.39 is 18.4 Å². The smallest absolute Gasteiger partial charge is 0.406 e. The second-order valence-electron chi connectivity index (χ2n) is 9.92. The Morgan fingerprint density at radius 3 is 2.57 bits per heavy atom. The van der Waals surface area contributed by atoms with Crippen molar-refractivity contribution in [3.8, 4) is 28.9 Å². The lowest BCUT2D eigenvalue weighted by molar-refractivity contribution is -0.274. The molecule has 9 nitrogen and oxygen atoms in total. The van der Waals surface area contributed by atoms with E-state index in [1.165, 1.54) is 47.0 Å². The van der Waals surface area contributed by atoms with Crippen LogP contribution in [-0.2, 0) is 6.42 Å². The molecule has 1 fully saturated rings. The summed E-state index contributed by atoms with van der Waals surface area (Å²) in [7, 11) is 0. The van der Waals surface area contributed by atoms with E-state index in [0.29, 0.717) is 27.8 Å². The summed E-state index contributed by atoms with van der Waals surface area (Å²) in [5.74, 6) is 0.865. The van der Waals surface area contributed by atoms with Gasteiger partial charge in [0, 0.05) is 23.0 Å². The number of alkyl halides is 3. The van der Waals surface area contributed by atoms with Crippen LogP contribution in [0.4, 0.5) is 23.7 Å². The number of benzene rings is 3. The van der Waals surface area contributed by atoms with Crippen molar-refractivity contribution >= 4 is 28.6 Å². The van der Waals surface area contributed by atoms with Crippen molar-refractivity contribution in [2.45, 2.75) is 45.1 Å². The van der Waals surface area contributed by atoms with Gasteiger partial charge in [0.2, 0.25) is 0 Å². The maximum atomic E-state index is 13.0. The van der Waals surface area contributed by atoms with E-state index in [4.69, 9.17) is 0 Å². The van der Waals surface area contributed by atoms with E-state index >= 15 is 0 Å². The number of hydrogen-bond acceptors (Lipinski definition) is 6. The van der Waals surface area contributed by atoms with Crippen LogP contribution in [-0.4, -0.2) is 44.1 Å². The van der Waals surface area contributed by atoms with Crippen LogP contribution in [0.5, 0.6) is 5.75 Å². The first-order valence-electron chi connectivity index (χ1n) is 13.8. The van der Waals surface area contributed by atoms with Crippen molar-refractivity contribution in [1.82, 2.24) is 20.1 Å². The largest absolute Gasteiger partial charge is 0.573 e. The minimum Gasteiger partial charge on any atom is -0.406 e. The van der Waals surface area contributed by atoms with E-state index in [9.17, 15) is 23.2 Å². The maximum absolute atomic E-state index is 13.0. The first-order valence-corrected chi connectivity index (χ1v) is 14.8. The molecule has 1 saturated heterocycles. The molecule has 0 saturated carbocycles. The molecule has 1 N–H and O–H groups in total. The van der Waals surface area contributed by atoms with E-state index in [1.54, 1.807) is 24.3 Å². The topological polar surface area (TPSA) is 108 Å². The molecule has 1 aliphatic heterocycles. The average molecular weight is 620 g/mol. The molecule has 13 heteroatoms. The fourth-order valence-corrected chi connectivity index (χ4v) is 5.96. The number of hydrogen-bond donors (Lipinski definition) is 1. The molecule has 2 amide bonds. The second-order valence-corrected chi connectivity index (χ2v) is 11.0. The lowest BCUT2D eigenvalue weighted by Gasteiger charge is -2.36. The van der Waals surface area contributed by atoms with E-state index in [-0.39, 0.29) is 11.8 Å². The maximum Gasteiger partial charge on any atom is 0.573 e. The molecular formula is C31H28F3N7O2S. The van der Waals surface area contributed by atoms with Crippen LogP contribution in [0.1, 0.15) is 37.4 Å². The van der Waals surface area contributed by atoms with E-state index in [0.717, 1.165) is 29.8 Å². The van der Waals surface area contributed by atoms with E-state index in [1.807, 2.05) is 18.2 Å². The Morgan fingerprint density at radius 2 is 1.89 bits per heavy atom. The van der Waals surface area contributed by atoms with Gasteiger partial charge in [0.15, 0.2) is 11.0 Å². The minimum atomic E-state index is -4.77. The fourth-order valence-electron chi connectivity index (χ4n) is 4.76. The van der Waals surface area contributed by atoms with Crippen molar-refractivity contribution in [2.24, 2.45) is 4.99 Å². The molecule has 226 valence electrons. The van der Waals surface area contributed by atoms with Crippen molar-refractivity contribution < 1.29 is 22.7 Å². The summed E-state index contributed by atoms with van der Waals surface area (Å²) in [5, 5.41) is 17.5. The number of rotatable bonds is 7. The number of para-hydroxylation sites is 1. The summed E-state index contributed by atoms with van der Waals surface area (Å²) in [4.78, 5) is 23.8. The quantitative estimate of drug-likeness (QED) is 0.236. The predicted octanol–water partition coefficient (Wildman–Crippen LogP) is 7.06. The Hall–Kier alpha value is -4.83. The van der Waals surface area contributed by atoms with Crippen LogP contribution in [0.15, 0.2) is 84.1 Å².